The van der Waals surface area contributed by atoms with Crippen molar-refractivity contribution in [1.82, 2.24) is 10.2 Å². The molecule has 2 nitrogen and oxygen atoms in total. The van der Waals surface area contributed by atoms with E-state index in [1.807, 2.05) is 0 Å². The number of halogens is 1. The topological polar surface area (TPSA) is 15.3 Å². The van der Waals surface area contributed by atoms with Crippen molar-refractivity contribution in [3.63, 3.8) is 0 Å². The lowest BCUT2D eigenvalue weighted by molar-refractivity contribution is 0.397. The number of aryl methyl sites for hydroxylation is 1. The van der Waals surface area contributed by atoms with E-state index >= 15 is 0 Å². The highest BCUT2D eigenvalue weighted by Crippen LogP contribution is 2.18. The molecule has 1 aliphatic rings. The number of benzene rings is 1. The Morgan fingerprint density at radius 1 is 1.50 bits per heavy atom. The molecular formula is C13H19BrN2. The minimum Gasteiger partial charge on any atom is -0.309 e. The SMILES string of the molecule is Cc1ccc(CNC2CCN(C)C2)c(Br)c1. The third kappa shape index (κ3) is 3.06. The van der Waals surface area contributed by atoms with E-state index in [9.17, 15) is 0 Å². The normalized spacial score (nSPS) is 21.6. The first kappa shape index (κ1) is 12.1. The van der Waals surface area contributed by atoms with Gasteiger partial charge in [0.15, 0.2) is 0 Å². The van der Waals surface area contributed by atoms with E-state index in [1.165, 1.54) is 35.1 Å². The third-order valence-corrected chi connectivity index (χ3v) is 3.92. The van der Waals surface area contributed by atoms with Gasteiger partial charge in [-0.05, 0) is 44.1 Å². The summed E-state index contributed by atoms with van der Waals surface area (Å²) in [6, 6.07) is 7.20. The maximum atomic E-state index is 3.62. The van der Waals surface area contributed by atoms with Gasteiger partial charge in [-0.2, -0.15) is 0 Å². The minimum atomic E-state index is 0.651. The van der Waals surface area contributed by atoms with Crippen molar-refractivity contribution in [1.29, 1.82) is 0 Å². The van der Waals surface area contributed by atoms with Crippen LogP contribution in [0.1, 0.15) is 17.5 Å². The Labute approximate surface area is 106 Å². The second-order valence-electron chi connectivity index (χ2n) is 4.72. The van der Waals surface area contributed by atoms with Gasteiger partial charge in [-0.15, -0.1) is 0 Å². The van der Waals surface area contributed by atoms with Crippen molar-refractivity contribution < 1.29 is 0 Å². The van der Waals surface area contributed by atoms with Crippen LogP contribution in [0.4, 0.5) is 0 Å². The molecule has 3 heteroatoms. The van der Waals surface area contributed by atoms with Crippen LogP contribution in [0, 0.1) is 6.92 Å². The summed E-state index contributed by atoms with van der Waals surface area (Å²) in [4.78, 5) is 2.38. The maximum Gasteiger partial charge on any atom is 0.0222 e. The number of nitrogens with zero attached hydrogens (tertiary/aromatic N) is 1. The first-order valence-corrected chi connectivity index (χ1v) is 6.61. The fourth-order valence-corrected chi connectivity index (χ4v) is 2.79. The van der Waals surface area contributed by atoms with Crippen molar-refractivity contribution in [3.05, 3.63) is 33.8 Å². The van der Waals surface area contributed by atoms with Gasteiger partial charge >= 0.3 is 0 Å². The zero-order valence-electron chi connectivity index (χ0n) is 9.96. The van der Waals surface area contributed by atoms with Gasteiger partial charge in [0.25, 0.3) is 0 Å². The summed E-state index contributed by atoms with van der Waals surface area (Å²) in [6.07, 6.45) is 1.26. The molecule has 0 saturated carbocycles. The molecule has 2 rings (SSSR count). The molecule has 0 amide bonds. The molecule has 1 unspecified atom stereocenters. The quantitative estimate of drug-likeness (QED) is 0.917. The maximum absolute atomic E-state index is 3.62. The fraction of sp³-hybridized carbons (Fsp3) is 0.538. The summed E-state index contributed by atoms with van der Waals surface area (Å²) < 4.78 is 1.21. The van der Waals surface area contributed by atoms with E-state index in [1.54, 1.807) is 0 Å². The summed E-state index contributed by atoms with van der Waals surface area (Å²) in [5, 5.41) is 3.62. The van der Waals surface area contributed by atoms with Gasteiger partial charge < -0.3 is 10.2 Å². The standard InChI is InChI=1S/C13H19BrN2/c1-10-3-4-11(13(14)7-10)8-15-12-5-6-16(2)9-12/h3-4,7,12,15H,5-6,8-9H2,1-2H3. The number of hydrogen-bond acceptors (Lipinski definition) is 2. The fourth-order valence-electron chi connectivity index (χ4n) is 2.15. The van der Waals surface area contributed by atoms with Gasteiger partial charge in [0.05, 0.1) is 0 Å². The molecule has 1 heterocycles. The van der Waals surface area contributed by atoms with Crippen molar-refractivity contribution in [2.24, 2.45) is 0 Å². The zero-order valence-corrected chi connectivity index (χ0v) is 11.5. The molecule has 0 spiro atoms. The number of likely N-dealkylation sites (N-methyl/N-ethyl adjacent to an activating group) is 1. The van der Waals surface area contributed by atoms with Gasteiger partial charge in [-0.25, -0.2) is 0 Å². The third-order valence-electron chi connectivity index (χ3n) is 3.18. The molecule has 1 fully saturated rings. The van der Waals surface area contributed by atoms with E-state index in [4.69, 9.17) is 0 Å². The van der Waals surface area contributed by atoms with Crippen LogP contribution in [-0.4, -0.2) is 31.1 Å². The van der Waals surface area contributed by atoms with Crippen LogP contribution in [0.25, 0.3) is 0 Å². The van der Waals surface area contributed by atoms with Crippen LogP contribution in [-0.2, 0) is 6.54 Å². The molecule has 1 saturated heterocycles. The van der Waals surface area contributed by atoms with Gasteiger partial charge in [-0.1, -0.05) is 28.1 Å². The number of hydrogen-bond donors (Lipinski definition) is 1. The summed E-state index contributed by atoms with van der Waals surface area (Å²) in [5.41, 5.74) is 2.65. The summed E-state index contributed by atoms with van der Waals surface area (Å²) in [6.45, 7) is 5.46. The number of rotatable bonds is 3. The first-order valence-electron chi connectivity index (χ1n) is 5.82. The molecular weight excluding hydrogens is 264 g/mol. The lowest BCUT2D eigenvalue weighted by Crippen LogP contribution is -2.31. The summed E-state index contributed by atoms with van der Waals surface area (Å²) >= 11 is 3.62. The summed E-state index contributed by atoms with van der Waals surface area (Å²) in [5.74, 6) is 0. The van der Waals surface area contributed by atoms with Crippen molar-refractivity contribution in [2.45, 2.75) is 25.9 Å². The molecule has 1 aromatic rings. The molecule has 1 N–H and O–H groups in total. The molecule has 0 aliphatic carbocycles. The zero-order chi connectivity index (χ0) is 11.5. The second-order valence-corrected chi connectivity index (χ2v) is 5.58. The van der Waals surface area contributed by atoms with Crippen LogP contribution < -0.4 is 5.32 Å². The smallest absolute Gasteiger partial charge is 0.0222 e. The largest absolute Gasteiger partial charge is 0.309 e. The van der Waals surface area contributed by atoms with Crippen LogP contribution in [0.3, 0.4) is 0 Å². The minimum absolute atomic E-state index is 0.651. The lowest BCUT2D eigenvalue weighted by Gasteiger charge is -2.13. The second kappa shape index (κ2) is 5.30. The molecule has 16 heavy (non-hydrogen) atoms. The highest BCUT2D eigenvalue weighted by Gasteiger charge is 2.18. The number of likely N-dealkylation sites (tertiary alicyclic amines) is 1. The van der Waals surface area contributed by atoms with Crippen LogP contribution in [0.15, 0.2) is 22.7 Å². The van der Waals surface area contributed by atoms with Crippen LogP contribution in [0.5, 0.6) is 0 Å². The molecule has 0 radical (unpaired) electrons. The van der Waals surface area contributed by atoms with Gasteiger partial charge in [0.2, 0.25) is 0 Å². The predicted octanol–water partition coefficient (Wildman–Crippen LogP) is 2.55. The Balaban J connectivity index is 1.89. The monoisotopic (exact) mass is 282 g/mol. The Morgan fingerprint density at radius 3 is 2.94 bits per heavy atom. The Kier molecular flexibility index (Phi) is 4.00. The van der Waals surface area contributed by atoms with Crippen molar-refractivity contribution >= 4 is 15.9 Å². The van der Waals surface area contributed by atoms with Crippen LogP contribution in [0.2, 0.25) is 0 Å². The highest BCUT2D eigenvalue weighted by atomic mass is 79.9. The van der Waals surface area contributed by atoms with E-state index < -0.39 is 0 Å². The average molecular weight is 283 g/mol. The Morgan fingerprint density at radius 2 is 2.31 bits per heavy atom. The Hall–Kier alpha value is -0.380. The molecule has 1 aromatic carbocycles. The number of nitrogens with one attached hydrogen (secondary N) is 1. The van der Waals surface area contributed by atoms with Crippen molar-refractivity contribution in [3.8, 4) is 0 Å². The predicted molar refractivity (Wildman–Crippen MR) is 71.6 cm³/mol. The van der Waals surface area contributed by atoms with E-state index in [0.717, 1.165) is 6.54 Å². The van der Waals surface area contributed by atoms with Gasteiger partial charge in [0, 0.05) is 23.6 Å². The van der Waals surface area contributed by atoms with E-state index in [2.05, 4.69) is 58.3 Å². The highest BCUT2D eigenvalue weighted by molar-refractivity contribution is 9.10. The first-order chi connectivity index (χ1) is 7.65. The molecule has 0 aromatic heterocycles. The van der Waals surface area contributed by atoms with Gasteiger partial charge in [0.1, 0.15) is 0 Å². The van der Waals surface area contributed by atoms with Crippen molar-refractivity contribution in [2.75, 3.05) is 20.1 Å². The molecule has 1 atom stereocenters. The lowest BCUT2D eigenvalue weighted by atomic mass is 10.1. The molecule has 0 bridgehead atoms. The van der Waals surface area contributed by atoms with Crippen LogP contribution >= 0.6 is 15.9 Å². The Bertz CT molecular complexity index is 365. The average Bonchev–Trinajstić information content (AvgIpc) is 2.63. The van der Waals surface area contributed by atoms with E-state index in [-0.39, 0.29) is 0 Å². The molecule has 88 valence electrons. The van der Waals surface area contributed by atoms with Gasteiger partial charge in [-0.3, -0.25) is 0 Å². The molecule has 1 aliphatic heterocycles. The van der Waals surface area contributed by atoms with E-state index in [0.29, 0.717) is 6.04 Å². The summed E-state index contributed by atoms with van der Waals surface area (Å²) in [7, 11) is 2.18.